The van der Waals surface area contributed by atoms with Gasteiger partial charge in [0, 0.05) is 44.0 Å². The van der Waals surface area contributed by atoms with Crippen molar-refractivity contribution >= 4 is 0 Å². The Morgan fingerprint density at radius 3 is 2.12 bits per heavy atom. The summed E-state index contributed by atoms with van der Waals surface area (Å²) in [5.74, 6) is 0. The van der Waals surface area contributed by atoms with Gasteiger partial charge in [0.2, 0.25) is 0 Å². The van der Waals surface area contributed by atoms with Crippen LogP contribution in [0, 0.1) is 5.41 Å². The van der Waals surface area contributed by atoms with E-state index in [4.69, 9.17) is 10.8 Å². The van der Waals surface area contributed by atoms with Crippen molar-refractivity contribution in [3.8, 4) is 0 Å². The first kappa shape index (κ1) is 33.3. The average molecular weight is 470 g/mol. The lowest BCUT2D eigenvalue weighted by molar-refractivity contribution is -0.319. The van der Waals surface area contributed by atoms with E-state index < -0.39 is 13.0 Å². The number of halogens is 3. The fourth-order valence-corrected chi connectivity index (χ4v) is 2.58. The molecule has 1 saturated carbocycles. The highest BCUT2D eigenvalue weighted by molar-refractivity contribution is 5.00. The van der Waals surface area contributed by atoms with Gasteiger partial charge in [-0.3, -0.25) is 4.74 Å². The molecule has 194 valence electrons. The van der Waals surface area contributed by atoms with Gasteiger partial charge in [-0.05, 0) is 71.4 Å². The summed E-state index contributed by atoms with van der Waals surface area (Å²) < 4.78 is 39.1. The van der Waals surface area contributed by atoms with E-state index in [1.807, 2.05) is 34.7 Å². The number of alkyl halides is 3. The van der Waals surface area contributed by atoms with Gasteiger partial charge >= 0.3 is 6.36 Å². The minimum atomic E-state index is -4.55. The summed E-state index contributed by atoms with van der Waals surface area (Å²) in [5.41, 5.74) is 7.04. The lowest BCUT2D eigenvalue weighted by atomic mass is 10.1. The van der Waals surface area contributed by atoms with E-state index in [9.17, 15) is 13.2 Å². The van der Waals surface area contributed by atoms with Crippen molar-refractivity contribution in [3.05, 3.63) is 11.8 Å². The molecule has 0 aromatic rings. The van der Waals surface area contributed by atoms with Crippen LogP contribution in [0.3, 0.4) is 0 Å². The zero-order valence-electron chi connectivity index (χ0n) is 21.8. The van der Waals surface area contributed by atoms with Crippen molar-refractivity contribution in [2.75, 3.05) is 39.9 Å². The van der Waals surface area contributed by atoms with Gasteiger partial charge in [0.05, 0.1) is 6.61 Å². The molecule has 0 radical (unpaired) electrons. The molecule has 3 N–H and O–H groups in total. The van der Waals surface area contributed by atoms with Gasteiger partial charge in [0.25, 0.3) is 0 Å². The van der Waals surface area contributed by atoms with Gasteiger partial charge in [-0.1, -0.05) is 27.7 Å². The molecule has 5 nitrogen and oxygen atoms in total. The molecule has 0 spiro atoms. The van der Waals surface area contributed by atoms with Gasteiger partial charge in [0.15, 0.2) is 0 Å². The SMILES string of the molecule is C/C(=C\COC(F)(F)F)N1CCN(C)C(C)C1.CC.CC1(C)CC1.C[C@@H](N)CCCCO. The van der Waals surface area contributed by atoms with Crippen LogP contribution in [0.25, 0.3) is 0 Å². The van der Waals surface area contributed by atoms with Crippen LogP contribution in [0.15, 0.2) is 11.8 Å². The zero-order valence-corrected chi connectivity index (χ0v) is 21.8. The molecule has 1 aliphatic carbocycles. The van der Waals surface area contributed by atoms with Crippen LogP contribution < -0.4 is 5.73 Å². The summed E-state index contributed by atoms with van der Waals surface area (Å²) in [6.45, 7) is 17.0. The first-order valence-corrected chi connectivity index (χ1v) is 12.0. The van der Waals surface area contributed by atoms with Crippen molar-refractivity contribution in [2.24, 2.45) is 11.1 Å². The topological polar surface area (TPSA) is 62.0 Å². The number of nitrogens with two attached hydrogens (primary N) is 1. The van der Waals surface area contributed by atoms with E-state index in [2.05, 4.69) is 35.3 Å². The van der Waals surface area contributed by atoms with Crippen LogP contribution in [-0.2, 0) is 4.74 Å². The number of nitrogens with zero attached hydrogens (tertiary/aromatic N) is 2. The maximum atomic E-state index is 11.8. The molecule has 2 atom stereocenters. The Hall–Kier alpha value is -0.830. The van der Waals surface area contributed by atoms with E-state index in [1.165, 1.54) is 18.9 Å². The van der Waals surface area contributed by atoms with Gasteiger partial charge in [-0.15, -0.1) is 13.2 Å². The van der Waals surface area contributed by atoms with Gasteiger partial charge < -0.3 is 20.6 Å². The number of hydrogen-bond donors (Lipinski definition) is 2. The number of aliphatic hydroxyl groups excluding tert-OH is 1. The molecular weight excluding hydrogens is 419 g/mol. The number of hydrogen-bond acceptors (Lipinski definition) is 5. The van der Waals surface area contributed by atoms with Crippen molar-refractivity contribution in [1.29, 1.82) is 0 Å². The summed E-state index contributed by atoms with van der Waals surface area (Å²) in [6.07, 6.45) is 2.80. The lowest BCUT2D eigenvalue weighted by Crippen LogP contribution is -2.49. The Bertz CT molecular complexity index is 478. The Balaban J connectivity index is 0. The van der Waals surface area contributed by atoms with Crippen LogP contribution in [0.2, 0.25) is 0 Å². The van der Waals surface area contributed by atoms with E-state index in [0.29, 0.717) is 18.7 Å². The fraction of sp³-hybridized carbons (Fsp3) is 0.917. The number of ether oxygens (including phenoxy) is 1. The Morgan fingerprint density at radius 1 is 1.22 bits per heavy atom. The monoisotopic (exact) mass is 469 g/mol. The first-order chi connectivity index (χ1) is 14.8. The van der Waals surface area contributed by atoms with Crippen LogP contribution in [-0.4, -0.2) is 73.2 Å². The Kier molecular flexibility index (Phi) is 18.4. The van der Waals surface area contributed by atoms with Crippen molar-refractivity contribution in [1.82, 2.24) is 9.80 Å². The maximum Gasteiger partial charge on any atom is 0.522 e. The second kappa shape index (κ2) is 17.6. The van der Waals surface area contributed by atoms with Gasteiger partial charge in [-0.2, -0.15) is 0 Å². The average Bonchev–Trinajstić information content (AvgIpc) is 3.40. The minimum Gasteiger partial charge on any atom is -0.396 e. The van der Waals surface area contributed by atoms with E-state index in [1.54, 1.807) is 0 Å². The number of rotatable bonds is 7. The summed E-state index contributed by atoms with van der Waals surface area (Å²) in [7, 11) is 2.05. The zero-order chi connectivity index (χ0) is 25.4. The molecule has 1 unspecified atom stereocenters. The number of aliphatic hydroxyl groups is 1. The molecule has 32 heavy (non-hydrogen) atoms. The second-order valence-corrected chi connectivity index (χ2v) is 9.24. The van der Waals surface area contributed by atoms with Crippen LogP contribution in [0.5, 0.6) is 0 Å². The van der Waals surface area contributed by atoms with Crippen LogP contribution >= 0.6 is 0 Å². The molecule has 0 amide bonds. The summed E-state index contributed by atoms with van der Waals surface area (Å²) in [4.78, 5) is 4.32. The van der Waals surface area contributed by atoms with E-state index >= 15 is 0 Å². The predicted molar refractivity (Wildman–Crippen MR) is 128 cm³/mol. The third kappa shape index (κ3) is 21.0. The molecule has 1 saturated heterocycles. The molecule has 2 fully saturated rings. The number of unbranched alkanes of at least 4 members (excludes halogenated alkanes) is 1. The highest BCUT2D eigenvalue weighted by Gasteiger charge is 2.30. The van der Waals surface area contributed by atoms with Crippen molar-refractivity contribution in [3.63, 3.8) is 0 Å². The largest absolute Gasteiger partial charge is 0.522 e. The smallest absolute Gasteiger partial charge is 0.396 e. The third-order valence-corrected chi connectivity index (χ3v) is 5.40. The molecular formula is C24H50F3N3O2. The molecule has 1 aliphatic heterocycles. The molecule has 2 rings (SSSR count). The highest BCUT2D eigenvalue weighted by atomic mass is 19.4. The first-order valence-electron chi connectivity index (χ1n) is 12.0. The van der Waals surface area contributed by atoms with E-state index in [0.717, 1.165) is 50.0 Å². The number of allylic oxidation sites excluding steroid dienone is 1. The van der Waals surface area contributed by atoms with Crippen molar-refractivity contribution in [2.45, 2.75) is 99.0 Å². The van der Waals surface area contributed by atoms with Gasteiger partial charge in [0.1, 0.15) is 0 Å². The summed E-state index contributed by atoms with van der Waals surface area (Å²) in [6, 6.07) is 0.706. The number of piperazine rings is 1. The molecule has 0 bridgehead atoms. The van der Waals surface area contributed by atoms with Crippen LogP contribution in [0.4, 0.5) is 13.2 Å². The minimum absolute atomic E-state index is 0.293. The number of likely N-dealkylation sites (N-methyl/N-ethyl adjacent to an activating group) is 1. The maximum absolute atomic E-state index is 11.8. The molecule has 0 aromatic carbocycles. The van der Waals surface area contributed by atoms with E-state index in [-0.39, 0.29) is 0 Å². The standard InChI is InChI=1S/C11H19F3N2O.C6H15NO.C5H10.C2H6/c1-9(4-7-17-11(12,13)14)16-6-5-15(3)10(2)8-16;1-6(7)4-2-3-5-8;1-5(2)3-4-5;1-2/h4,10H,5-8H2,1-3H3;6,8H,2-5,7H2,1H3;3-4H2,1-2H3;1-2H3/b9-4+;;;/t;6-;;/m.1../s1. The lowest BCUT2D eigenvalue weighted by Gasteiger charge is -2.39. The Morgan fingerprint density at radius 2 is 1.75 bits per heavy atom. The summed E-state index contributed by atoms with van der Waals surface area (Å²) in [5, 5.41) is 8.34. The molecule has 2 aliphatic rings. The fourth-order valence-electron chi connectivity index (χ4n) is 2.58. The van der Waals surface area contributed by atoms with Gasteiger partial charge in [-0.25, -0.2) is 0 Å². The normalized spacial score (nSPS) is 21.2. The quantitative estimate of drug-likeness (QED) is 0.490. The van der Waals surface area contributed by atoms with Crippen molar-refractivity contribution < 1.29 is 23.0 Å². The highest BCUT2D eigenvalue weighted by Crippen LogP contribution is 2.43. The molecule has 1 heterocycles. The third-order valence-electron chi connectivity index (χ3n) is 5.40. The van der Waals surface area contributed by atoms with Crippen LogP contribution in [0.1, 0.15) is 80.6 Å². The molecule has 0 aromatic heterocycles. The summed E-state index contributed by atoms with van der Waals surface area (Å²) >= 11 is 0. The predicted octanol–water partition coefficient (Wildman–Crippen LogP) is 5.39. The molecule has 8 heteroatoms. The second-order valence-electron chi connectivity index (χ2n) is 9.24. The Labute approximate surface area is 195 Å².